The Morgan fingerprint density at radius 3 is 2.56 bits per heavy atom. The number of nitriles is 1. The van der Waals surface area contributed by atoms with Crippen LogP contribution in [0.3, 0.4) is 0 Å². The topological polar surface area (TPSA) is 93.0 Å². The highest BCUT2D eigenvalue weighted by Gasteiger charge is 2.31. The number of nitrogens with zero attached hydrogens (tertiary/aromatic N) is 6. The zero-order chi connectivity index (χ0) is 24.2. The van der Waals surface area contributed by atoms with Gasteiger partial charge >= 0.3 is 6.03 Å². The minimum Gasteiger partial charge on any atom is -0.383 e. The van der Waals surface area contributed by atoms with Gasteiger partial charge in [-0.3, -0.25) is 9.69 Å². The zero-order valence-corrected chi connectivity index (χ0v) is 20.0. The Balaban J connectivity index is 1.44. The number of carbonyl (C=O) groups excluding carboxylic acids is 2. The van der Waals surface area contributed by atoms with Gasteiger partial charge in [-0.1, -0.05) is 6.07 Å². The zero-order valence-electron chi connectivity index (χ0n) is 20.0. The molecule has 1 aromatic heterocycles. The molecule has 0 aliphatic carbocycles. The van der Waals surface area contributed by atoms with Crippen LogP contribution in [0.4, 0.5) is 16.3 Å². The minimum absolute atomic E-state index is 0.115. The van der Waals surface area contributed by atoms with Crippen LogP contribution in [-0.2, 0) is 4.74 Å². The maximum Gasteiger partial charge on any atom is 0.324 e. The second kappa shape index (κ2) is 10.1. The average molecular weight is 463 g/mol. The van der Waals surface area contributed by atoms with Crippen molar-refractivity contribution in [1.82, 2.24) is 14.8 Å². The summed E-state index contributed by atoms with van der Waals surface area (Å²) < 4.78 is 5.07. The second-order valence-corrected chi connectivity index (χ2v) is 8.69. The van der Waals surface area contributed by atoms with Gasteiger partial charge < -0.3 is 19.4 Å². The molecule has 0 spiro atoms. The number of anilines is 2. The quantitative estimate of drug-likeness (QED) is 0.655. The molecule has 3 amide bonds. The first kappa shape index (κ1) is 23.5. The molecule has 9 nitrogen and oxygen atoms in total. The number of rotatable bonds is 6. The number of carbonyl (C=O) groups is 2. The molecule has 0 atom stereocenters. The fraction of sp³-hybridized carbons (Fsp3) is 0.440. The highest BCUT2D eigenvalue weighted by atomic mass is 16.5. The molecule has 2 aromatic rings. The molecule has 2 saturated heterocycles. The summed E-state index contributed by atoms with van der Waals surface area (Å²) in [5.41, 5.74) is 3.53. The molecule has 178 valence electrons. The molecule has 0 bridgehead atoms. The first-order chi connectivity index (χ1) is 16.4. The second-order valence-electron chi connectivity index (χ2n) is 8.69. The van der Waals surface area contributed by atoms with Gasteiger partial charge in [0.1, 0.15) is 11.9 Å². The molecule has 0 unspecified atom stereocenters. The molecular formula is C25H30N6O3. The largest absolute Gasteiger partial charge is 0.383 e. The Kier molecular flexibility index (Phi) is 6.98. The van der Waals surface area contributed by atoms with Crippen molar-refractivity contribution in [3.63, 3.8) is 0 Å². The monoisotopic (exact) mass is 462 g/mol. The lowest BCUT2D eigenvalue weighted by Gasteiger charge is -2.36. The number of urea groups is 1. The molecule has 3 heterocycles. The van der Waals surface area contributed by atoms with Gasteiger partial charge in [-0.25, -0.2) is 9.78 Å². The summed E-state index contributed by atoms with van der Waals surface area (Å²) in [6, 6.07) is 9.20. The summed E-state index contributed by atoms with van der Waals surface area (Å²) >= 11 is 0. The maximum absolute atomic E-state index is 13.2. The van der Waals surface area contributed by atoms with Gasteiger partial charge in [0, 0.05) is 64.8 Å². The van der Waals surface area contributed by atoms with Crippen LogP contribution in [0, 0.1) is 25.2 Å². The van der Waals surface area contributed by atoms with Gasteiger partial charge in [0.2, 0.25) is 0 Å². The lowest BCUT2D eigenvalue weighted by atomic mass is 10.0. The van der Waals surface area contributed by atoms with Crippen LogP contribution >= 0.6 is 0 Å². The molecule has 0 N–H and O–H groups in total. The number of piperazine rings is 1. The van der Waals surface area contributed by atoms with Crippen LogP contribution < -0.4 is 9.80 Å². The number of aryl methyl sites for hydroxylation is 2. The fourth-order valence-corrected chi connectivity index (χ4v) is 4.54. The van der Waals surface area contributed by atoms with Crippen molar-refractivity contribution in [2.75, 3.05) is 69.3 Å². The van der Waals surface area contributed by atoms with Crippen molar-refractivity contribution in [2.24, 2.45) is 0 Å². The summed E-state index contributed by atoms with van der Waals surface area (Å²) in [4.78, 5) is 37.8. The number of ether oxygens (including phenoxy) is 1. The fourth-order valence-electron chi connectivity index (χ4n) is 4.54. The van der Waals surface area contributed by atoms with Crippen LogP contribution in [0.1, 0.15) is 27.0 Å². The van der Waals surface area contributed by atoms with Crippen molar-refractivity contribution < 1.29 is 14.3 Å². The molecule has 2 aliphatic rings. The molecule has 1 aromatic carbocycles. The Labute approximate surface area is 200 Å². The van der Waals surface area contributed by atoms with E-state index in [4.69, 9.17) is 4.74 Å². The average Bonchev–Trinajstić information content (AvgIpc) is 3.22. The van der Waals surface area contributed by atoms with E-state index in [-0.39, 0.29) is 17.5 Å². The van der Waals surface area contributed by atoms with E-state index in [1.165, 1.54) is 0 Å². The molecule has 9 heteroatoms. The Hall–Kier alpha value is -3.64. The molecule has 2 aliphatic heterocycles. The maximum atomic E-state index is 13.2. The van der Waals surface area contributed by atoms with Crippen molar-refractivity contribution in [3.8, 4) is 6.07 Å². The minimum atomic E-state index is -0.161. The number of pyridine rings is 1. The third-order valence-electron chi connectivity index (χ3n) is 6.38. The lowest BCUT2D eigenvalue weighted by molar-refractivity contribution is 0.0746. The van der Waals surface area contributed by atoms with Crippen molar-refractivity contribution in [1.29, 1.82) is 5.26 Å². The first-order valence-corrected chi connectivity index (χ1v) is 11.5. The van der Waals surface area contributed by atoms with E-state index in [0.717, 1.165) is 16.9 Å². The molecule has 2 fully saturated rings. The standard InChI is InChI=1S/C25H30N6O3/c1-18-14-19(2)23(27-17-18)28-6-8-29(9-7-28)24(32)22-5-4-21(15-20(22)16-26)31-11-10-30(25(31)33)12-13-34-3/h4-5,14-15,17H,6-13H2,1-3H3. The van der Waals surface area contributed by atoms with Gasteiger partial charge in [-0.05, 0) is 43.2 Å². The number of aromatic nitrogens is 1. The number of benzene rings is 1. The van der Waals surface area contributed by atoms with E-state index in [9.17, 15) is 14.9 Å². The summed E-state index contributed by atoms with van der Waals surface area (Å²) in [6.45, 7) is 8.69. The van der Waals surface area contributed by atoms with E-state index in [2.05, 4.69) is 28.9 Å². The number of hydrogen-bond donors (Lipinski definition) is 0. The van der Waals surface area contributed by atoms with Crippen LogP contribution in [-0.4, -0.2) is 86.3 Å². The first-order valence-electron chi connectivity index (χ1n) is 11.5. The van der Waals surface area contributed by atoms with Gasteiger partial charge in [0.05, 0.1) is 17.7 Å². The van der Waals surface area contributed by atoms with Crippen LogP contribution in [0.15, 0.2) is 30.5 Å². The van der Waals surface area contributed by atoms with Crippen LogP contribution in [0.2, 0.25) is 0 Å². The summed E-state index contributed by atoms with van der Waals surface area (Å²) in [6.07, 6.45) is 1.86. The normalized spacial score (nSPS) is 16.2. The SMILES string of the molecule is COCCN1CCN(c2ccc(C(=O)N3CCN(c4ncc(C)cc4C)CC3)c(C#N)c2)C1=O. The van der Waals surface area contributed by atoms with Gasteiger partial charge in [0.15, 0.2) is 0 Å². The van der Waals surface area contributed by atoms with Crippen LogP contribution in [0.5, 0.6) is 0 Å². The third kappa shape index (κ3) is 4.68. The smallest absolute Gasteiger partial charge is 0.324 e. The Morgan fingerprint density at radius 2 is 1.88 bits per heavy atom. The van der Waals surface area contributed by atoms with Gasteiger partial charge in [-0.15, -0.1) is 0 Å². The number of hydrogen-bond acceptors (Lipinski definition) is 6. The van der Waals surface area contributed by atoms with E-state index in [1.807, 2.05) is 13.1 Å². The molecular weight excluding hydrogens is 432 g/mol. The van der Waals surface area contributed by atoms with E-state index < -0.39 is 0 Å². The third-order valence-corrected chi connectivity index (χ3v) is 6.38. The van der Waals surface area contributed by atoms with E-state index >= 15 is 0 Å². The van der Waals surface area contributed by atoms with E-state index in [0.29, 0.717) is 63.7 Å². The predicted molar refractivity (Wildman–Crippen MR) is 129 cm³/mol. The van der Waals surface area contributed by atoms with Gasteiger partial charge in [-0.2, -0.15) is 5.26 Å². The summed E-state index contributed by atoms with van der Waals surface area (Å²) in [7, 11) is 1.60. The van der Waals surface area contributed by atoms with Crippen LogP contribution in [0.25, 0.3) is 0 Å². The van der Waals surface area contributed by atoms with Crippen molar-refractivity contribution >= 4 is 23.4 Å². The molecule has 0 radical (unpaired) electrons. The Bertz CT molecular complexity index is 1120. The van der Waals surface area contributed by atoms with Crippen molar-refractivity contribution in [2.45, 2.75) is 13.8 Å². The number of methoxy groups -OCH3 is 1. The summed E-state index contributed by atoms with van der Waals surface area (Å²) in [5.74, 6) is 0.792. The number of amides is 3. The van der Waals surface area contributed by atoms with Crippen molar-refractivity contribution in [3.05, 3.63) is 52.7 Å². The summed E-state index contributed by atoms with van der Waals surface area (Å²) in [5, 5.41) is 9.74. The Morgan fingerprint density at radius 1 is 1.12 bits per heavy atom. The molecule has 0 saturated carbocycles. The highest BCUT2D eigenvalue weighted by molar-refractivity contribution is 5.99. The molecule has 34 heavy (non-hydrogen) atoms. The lowest BCUT2D eigenvalue weighted by Crippen LogP contribution is -2.49. The highest BCUT2D eigenvalue weighted by Crippen LogP contribution is 2.25. The molecule has 4 rings (SSSR count). The van der Waals surface area contributed by atoms with Gasteiger partial charge in [0.25, 0.3) is 5.91 Å². The van der Waals surface area contributed by atoms with E-state index in [1.54, 1.807) is 40.0 Å². The predicted octanol–water partition coefficient (Wildman–Crippen LogP) is 2.42.